The molecule has 0 spiro atoms. The Bertz CT molecular complexity index is 536. The predicted molar refractivity (Wildman–Crippen MR) is 85.7 cm³/mol. The van der Waals surface area contributed by atoms with E-state index in [1.165, 1.54) is 10.5 Å². The predicted octanol–water partition coefficient (Wildman–Crippen LogP) is 3.75. The molecule has 22 heavy (non-hydrogen) atoms. The average molecular weight is 303 g/mol. The second kappa shape index (κ2) is 6.95. The van der Waals surface area contributed by atoms with E-state index in [2.05, 4.69) is 19.1 Å². The third-order valence-electron chi connectivity index (χ3n) is 4.30. The summed E-state index contributed by atoms with van der Waals surface area (Å²) < 4.78 is 5.06. The lowest BCUT2D eigenvalue weighted by Crippen LogP contribution is -2.43. The number of aryl methyl sites for hydroxylation is 1. The van der Waals surface area contributed by atoms with Gasteiger partial charge in [-0.05, 0) is 30.4 Å². The van der Waals surface area contributed by atoms with Crippen molar-refractivity contribution >= 4 is 12.0 Å². The summed E-state index contributed by atoms with van der Waals surface area (Å²) >= 11 is 0. The average Bonchev–Trinajstić information content (AvgIpc) is 2.89. The number of cyclic esters (lactones) is 1. The summed E-state index contributed by atoms with van der Waals surface area (Å²) in [4.78, 5) is 25.9. The number of benzene rings is 1. The topological polar surface area (TPSA) is 46.6 Å². The van der Waals surface area contributed by atoms with Gasteiger partial charge in [-0.2, -0.15) is 0 Å². The van der Waals surface area contributed by atoms with Crippen molar-refractivity contribution in [1.29, 1.82) is 0 Å². The second-order valence-corrected chi connectivity index (χ2v) is 6.31. The minimum atomic E-state index is -0.516. The molecule has 1 fully saturated rings. The molecule has 4 nitrogen and oxygen atoms in total. The Labute approximate surface area is 132 Å². The van der Waals surface area contributed by atoms with E-state index in [-0.39, 0.29) is 23.8 Å². The van der Waals surface area contributed by atoms with Gasteiger partial charge >= 0.3 is 6.09 Å². The lowest BCUT2D eigenvalue weighted by Gasteiger charge is -2.25. The molecule has 1 saturated heterocycles. The molecule has 120 valence electrons. The maximum absolute atomic E-state index is 12.7. The molecule has 1 aliphatic rings. The maximum atomic E-state index is 12.7. The van der Waals surface area contributed by atoms with Crippen molar-refractivity contribution < 1.29 is 14.3 Å². The van der Waals surface area contributed by atoms with E-state index in [1.807, 2.05) is 32.9 Å². The van der Waals surface area contributed by atoms with Crippen LogP contribution in [0, 0.1) is 5.92 Å². The normalized spacial score (nSPS) is 19.4. The van der Waals surface area contributed by atoms with Gasteiger partial charge in [0.05, 0.1) is 12.0 Å². The van der Waals surface area contributed by atoms with Crippen LogP contribution < -0.4 is 0 Å². The highest BCUT2D eigenvalue weighted by Gasteiger charge is 2.41. The molecule has 1 unspecified atom stereocenters. The summed E-state index contributed by atoms with van der Waals surface area (Å²) in [5.74, 6) is -0.332. The van der Waals surface area contributed by atoms with Crippen molar-refractivity contribution in [2.75, 3.05) is 6.61 Å². The lowest BCUT2D eigenvalue weighted by atomic mass is 9.96. The van der Waals surface area contributed by atoms with E-state index < -0.39 is 6.09 Å². The Balaban J connectivity index is 2.15. The summed E-state index contributed by atoms with van der Waals surface area (Å²) in [5.41, 5.74) is 2.21. The van der Waals surface area contributed by atoms with E-state index >= 15 is 0 Å². The Kier molecular flexibility index (Phi) is 5.22. The van der Waals surface area contributed by atoms with Crippen molar-refractivity contribution in [2.24, 2.45) is 5.92 Å². The first-order valence-corrected chi connectivity index (χ1v) is 8.04. The fourth-order valence-electron chi connectivity index (χ4n) is 2.79. The van der Waals surface area contributed by atoms with E-state index in [1.54, 1.807) is 0 Å². The third-order valence-corrected chi connectivity index (χ3v) is 4.30. The van der Waals surface area contributed by atoms with Gasteiger partial charge < -0.3 is 4.74 Å². The van der Waals surface area contributed by atoms with Crippen LogP contribution in [-0.2, 0) is 16.0 Å². The molecule has 1 heterocycles. The highest BCUT2D eigenvalue weighted by Crippen LogP contribution is 2.26. The molecule has 0 saturated carbocycles. The van der Waals surface area contributed by atoms with Gasteiger partial charge in [-0.15, -0.1) is 0 Å². The number of amides is 2. The fraction of sp³-hybridized carbons (Fsp3) is 0.556. The molecule has 4 heteroatoms. The third kappa shape index (κ3) is 3.32. The van der Waals surface area contributed by atoms with Gasteiger partial charge in [0.15, 0.2) is 0 Å². The summed E-state index contributed by atoms with van der Waals surface area (Å²) in [5, 5.41) is 0. The van der Waals surface area contributed by atoms with Crippen LogP contribution in [0.15, 0.2) is 24.3 Å². The summed E-state index contributed by atoms with van der Waals surface area (Å²) in [6.07, 6.45) is 1.62. The highest BCUT2D eigenvalue weighted by atomic mass is 16.6. The van der Waals surface area contributed by atoms with Crippen LogP contribution in [0.5, 0.6) is 0 Å². The summed E-state index contributed by atoms with van der Waals surface area (Å²) in [6, 6.07) is 7.93. The summed E-state index contributed by atoms with van der Waals surface area (Å²) in [7, 11) is 0. The zero-order valence-corrected chi connectivity index (χ0v) is 13.8. The zero-order valence-electron chi connectivity index (χ0n) is 13.8. The smallest absolute Gasteiger partial charge is 0.417 e. The van der Waals surface area contributed by atoms with E-state index in [0.29, 0.717) is 6.61 Å². The zero-order chi connectivity index (χ0) is 16.3. The Morgan fingerprint density at radius 1 is 1.27 bits per heavy atom. The largest absolute Gasteiger partial charge is 0.447 e. The van der Waals surface area contributed by atoms with Crippen LogP contribution in [0.2, 0.25) is 0 Å². The number of hydrogen-bond acceptors (Lipinski definition) is 3. The van der Waals surface area contributed by atoms with Crippen LogP contribution >= 0.6 is 0 Å². The number of rotatable bonds is 5. The molecule has 2 amide bonds. The number of imide groups is 1. The van der Waals surface area contributed by atoms with Gasteiger partial charge in [0.1, 0.15) is 6.61 Å². The van der Waals surface area contributed by atoms with Gasteiger partial charge in [0.2, 0.25) is 5.91 Å². The molecular formula is C18H25NO3. The Hall–Kier alpha value is -1.84. The minimum Gasteiger partial charge on any atom is -0.447 e. The molecule has 1 aromatic carbocycles. The molecule has 0 aliphatic carbocycles. The molecule has 2 atom stereocenters. The minimum absolute atomic E-state index is 0.165. The molecule has 1 aliphatic heterocycles. The number of carbonyl (C=O) groups excluding carboxylic acids is 2. The van der Waals surface area contributed by atoms with Crippen LogP contribution in [0.1, 0.15) is 51.2 Å². The van der Waals surface area contributed by atoms with E-state index in [0.717, 1.165) is 18.4 Å². The van der Waals surface area contributed by atoms with Gasteiger partial charge in [-0.1, -0.05) is 51.5 Å². The van der Waals surface area contributed by atoms with Gasteiger partial charge in [-0.3, -0.25) is 4.79 Å². The molecule has 1 aromatic rings. The number of carbonyl (C=O) groups is 2. The van der Waals surface area contributed by atoms with Crippen molar-refractivity contribution in [3.63, 3.8) is 0 Å². The van der Waals surface area contributed by atoms with Gasteiger partial charge in [0, 0.05) is 0 Å². The maximum Gasteiger partial charge on any atom is 0.417 e. The summed E-state index contributed by atoms with van der Waals surface area (Å²) in [6.45, 7) is 8.28. The number of ether oxygens (including phenoxy) is 1. The number of hydrogen-bond donors (Lipinski definition) is 0. The molecular weight excluding hydrogens is 278 g/mol. The van der Waals surface area contributed by atoms with Crippen LogP contribution in [0.25, 0.3) is 0 Å². The van der Waals surface area contributed by atoms with Crippen LogP contribution in [0.4, 0.5) is 4.79 Å². The monoisotopic (exact) mass is 303 g/mol. The van der Waals surface area contributed by atoms with E-state index in [9.17, 15) is 9.59 Å². The van der Waals surface area contributed by atoms with Crippen molar-refractivity contribution in [1.82, 2.24) is 4.90 Å². The molecule has 0 N–H and O–H groups in total. The Morgan fingerprint density at radius 2 is 1.91 bits per heavy atom. The van der Waals surface area contributed by atoms with Gasteiger partial charge in [-0.25, -0.2) is 9.69 Å². The fourth-order valence-corrected chi connectivity index (χ4v) is 2.79. The van der Waals surface area contributed by atoms with Crippen molar-refractivity contribution in [3.05, 3.63) is 35.4 Å². The van der Waals surface area contributed by atoms with Gasteiger partial charge in [0.25, 0.3) is 0 Å². The van der Waals surface area contributed by atoms with Crippen molar-refractivity contribution in [3.8, 4) is 0 Å². The molecule has 0 bridgehead atoms. The first-order chi connectivity index (χ1) is 10.5. The first kappa shape index (κ1) is 16.5. The molecule has 0 aromatic heterocycles. The lowest BCUT2D eigenvalue weighted by molar-refractivity contribution is -0.131. The van der Waals surface area contributed by atoms with E-state index in [4.69, 9.17) is 4.74 Å². The number of nitrogens with zero attached hydrogens (tertiary/aromatic N) is 1. The van der Waals surface area contributed by atoms with Crippen LogP contribution in [-0.4, -0.2) is 29.5 Å². The highest BCUT2D eigenvalue weighted by molar-refractivity contribution is 5.97. The van der Waals surface area contributed by atoms with Crippen LogP contribution in [0.3, 0.4) is 0 Å². The molecule has 2 rings (SSSR count). The Morgan fingerprint density at radius 3 is 2.45 bits per heavy atom. The second-order valence-electron chi connectivity index (χ2n) is 6.31. The standard InChI is InChI=1S/C18H25NO3/c1-5-6-14-7-9-15(10-8-14)13(4)17(20)19-16(12(2)3)11-22-18(19)21/h7-10,12-13,16H,5-6,11H2,1-4H3/t13-,16?/m0/s1. The first-order valence-electron chi connectivity index (χ1n) is 8.04. The quantitative estimate of drug-likeness (QED) is 0.832. The van der Waals surface area contributed by atoms with Crippen molar-refractivity contribution in [2.45, 2.75) is 52.5 Å². The SMILES string of the molecule is CCCc1ccc([C@H](C)C(=O)N2C(=O)OCC2C(C)C)cc1. The molecule has 0 radical (unpaired) electrons.